The van der Waals surface area contributed by atoms with Crippen molar-refractivity contribution in [1.29, 1.82) is 0 Å². The van der Waals surface area contributed by atoms with Gasteiger partial charge in [0.1, 0.15) is 18.7 Å². The number of alkyl carbamates (subject to hydrolysis) is 1. The van der Waals surface area contributed by atoms with Crippen molar-refractivity contribution in [3.63, 3.8) is 0 Å². The van der Waals surface area contributed by atoms with Gasteiger partial charge in [-0.05, 0) is 29.9 Å². The second-order valence-electron chi connectivity index (χ2n) is 7.90. The zero-order valence-electron chi connectivity index (χ0n) is 18.5. The molecular weight excluding hydrogens is 406 g/mol. The quantitative estimate of drug-likeness (QED) is 0.500. The molecule has 3 amide bonds. The third-order valence-electron chi connectivity index (χ3n) is 4.67. The van der Waals surface area contributed by atoms with Gasteiger partial charge >= 0.3 is 6.09 Å². The van der Waals surface area contributed by atoms with Crippen molar-refractivity contribution in [2.75, 3.05) is 0 Å². The number of ether oxygens (including phenoxy) is 1. The number of carbonyl (C=O) groups is 3. The number of hydrogen-bond acceptors (Lipinski definition) is 4. The van der Waals surface area contributed by atoms with Crippen molar-refractivity contribution in [2.45, 2.75) is 45.4 Å². The summed E-state index contributed by atoms with van der Waals surface area (Å²) >= 11 is 0. The Kier molecular flexibility index (Phi) is 9.97. The first-order valence-electron chi connectivity index (χ1n) is 10.6. The molecule has 0 aliphatic heterocycles. The number of nitrogens with one attached hydrogen (secondary N) is 2. The van der Waals surface area contributed by atoms with Crippen molar-refractivity contribution < 1.29 is 19.1 Å². The van der Waals surface area contributed by atoms with Gasteiger partial charge in [0.2, 0.25) is 11.8 Å². The van der Waals surface area contributed by atoms with Gasteiger partial charge in [0.15, 0.2) is 0 Å². The van der Waals surface area contributed by atoms with Crippen LogP contribution in [0, 0.1) is 5.92 Å². The molecule has 170 valence electrons. The summed E-state index contributed by atoms with van der Waals surface area (Å²) in [4.78, 5) is 36.9. The second kappa shape index (κ2) is 12.9. The minimum atomic E-state index is -0.890. The van der Waals surface area contributed by atoms with E-state index in [0.29, 0.717) is 6.42 Å². The minimum Gasteiger partial charge on any atom is -0.445 e. The third-order valence-corrected chi connectivity index (χ3v) is 4.67. The van der Waals surface area contributed by atoms with E-state index in [9.17, 15) is 14.4 Å². The summed E-state index contributed by atoms with van der Waals surface area (Å²) in [6, 6.07) is 17.1. The fraction of sp³-hybridized carbons (Fsp3) is 0.320. The molecule has 0 saturated heterocycles. The fourth-order valence-electron chi connectivity index (χ4n) is 3.03. The molecule has 2 atom stereocenters. The Bertz CT molecular complexity index is 898. The molecule has 0 radical (unpaired) electrons. The van der Waals surface area contributed by atoms with Gasteiger partial charge in [-0.2, -0.15) is 0 Å². The molecule has 0 unspecified atom stereocenters. The van der Waals surface area contributed by atoms with Crippen molar-refractivity contribution in [3.8, 4) is 0 Å². The van der Waals surface area contributed by atoms with Gasteiger partial charge in [-0.3, -0.25) is 9.59 Å². The SMILES string of the molecule is CC(C)C[C@H](NC(=O)OCc1ccccc1)C(=O)N[C@H](C/C=C/c1ccccc1)C(N)=O. The molecule has 0 fully saturated rings. The lowest BCUT2D eigenvalue weighted by atomic mass is 10.0. The Balaban J connectivity index is 1.95. The Morgan fingerprint density at radius 2 is 1.56 bits per heavy atom. The first kappa shape index (κ1) is 24.7. The smallest absolute Gasteiger partial charge is 0.408 e. The predicted molar refractivity (Wildman–Crippen MR) is 124 cm³/mol. The zero-order chi connectivity index (χ0) is 23.3. The Labute approximate surface area is 189 Å². The van der Waals surface area contributed by atoms with E-state index in [1.165, 1.54) is 0 Å². The molecule has 7 nitrogen and oxygen atoms in total. The molecule has 0 spiro atoms. The summed E-state index contributed by atoms with van der Waals surface area (Å²) < 4.78 is 5.22. The lowest BCUT2D eigenvalue weighted by Crippen LogP contribution is -2.53. The van der Waals surface area contributed by atoms with Gasteiger partial charge in [-0.15, -0.1) is 0 Å². The maximum absolute atomic E-state index is 12.8. The molecule has 4 N–H and O–H groups in total. The number of carbonyl (C=O) groups excluding carboxylic acids is 3. The molecule has 2 aromatic rings. The maximum atomic E-state index is 12.8. The molecule has 0 saturated carbocycles. The standard InChI is InChI=1S/C25H31N3O4/c1-18(2)16-22(28-25(31)32-17-20-12-7-4-8-13-20)24(30)27-21(23(26)29)15-9-14-19-10-5-3-6-11-19/h3-14,18,21-22H,15-17H2,1-2H3,(H2,26,29)(H,27,30)(H,28,31)/b14-9+/t21-,22+/m1/s1. The summed E-state index contributed by atoms with van der Waals surface area (Å²) in [7, 11) is 0. The lowest BCUT2D eigenvalue weighted by Gasteiger charge is -2.22. The van der Waals surface area contributed by atoms with E-state index in [-0.39, 0.29) is 18.9 Å². The molecule has 2 aromatic carbocycles. The molecule has 32 heavy (non-hydrogen) atoms. The average Bonchev–Trinajstić information content (AvgIpc) is 2.77. The average molecular weight is 438 g/mol. The molecular formula is C25H31N3O4. The van der Waals surface area contributed by atoms with E-state index < -0.39 is 30.0 Å². The van der Waals surface area contributed by atoms with Gasteiger partial charge in [0.25, 0.3) is 0 Å². The van der Waals surface area contributed by atoms with Crippen molar-refractivity contribution >= 4 is 24.0 Å². The van der Waals surface area contributed by atoms with Crippen LogP contribution in [-0.2, 0) is 20.9 Å². The highest BCUT2D eigenvalue weighted by atomic mass is 16.5. The Morgan fingerprint density at radius 1 is 0.938 bits per heavy atom. The summed E-state index contributed by atoms with van der Waals surface area (Å²) in [5.41, 5.74) is 7.29. The van der Waals surface area contributed by atoms with Crippen LogP contribution in [0.1, 0.15) is 37.8 Å². The second-order valence-corrected chi connectivity index (χ2v) is 7.90. The van der Waals surface area contributed by atoms with E-state index in [1.54, 1.807) is 6.08 Å². The van der Waals surface area contributed by atoms with Crippen LogP contribution in [0.5, 0.6) is 0 Å². The molecule has 0 aromatic heterocycles. The number of amides is 3. The van der Waals surface area contributed by atoms with Gasteiger partial charge in [0.05, 0.1) is 0 Å². The molecule has 0 aliphatic rings. The van der Waals surface area contributed by atoms with Crippen molar-refractivity contribution in [1.82, 2.24) is 10.6 Å². The first-order chi connectivity index (χ1) is 15.3. The number of nitrogens with two attached hydrogens (primary N) is 1. The molecule has 7 heteroatoms. The number of benzene rings is 2. The number of hydrogen-bond donors (Lipinski definition) is 3. The maximum Gasteiger partial charge on any atom is 0.408 e. The molecule has 0 heterocycles. The largest absolute Gasteiger partial charge is 0.445 e. The number of primary amides is 1. The Morgan fingerprint density at radius 3 is 2.16 bits per heavy atom. The highest BCUT2D eigenvalue weighted by Crippen LogP contribution is 2.08. The fourth-order valence-corrected chi connectivity index (χ4v) is 3.03. The van der Waals surface area contributed by atoms with E-state index in [1.807, 2.05) is 80.6 Å². The molecule has 0 aliphatic carbocycles. The monoisotopic (exact) mass is 437 g/mol. The van der Waals surface area contributed by atoms with Gasteiger partial charge < -0.3 is 21.1 Å². The van der Waals surface area contributed by atoms with Crippen LogP contribution in [0.3, 0.4) is 0 Å². The lowest BCUT2D eigenvalue weighted by molar-refractivity contribution is -0.128. The van der Waals surface area contributed by atoms with Crippen molar-refractivity contribution in [3.05, 3.63) is 77.9 Å². The predicted octanol–water partition coefficient (Wildman–Crippen LogP) is 3.40. The van der Waals surface area contributed by atoms with E-state index >= 15 is 0 Å². The van der Waals surface area contributed by atoms with Gasteiger partial charge in [-0.1, -0.05) is 86.7 Å². The van der Waals surface area contributed by atoms with Crippen molar-refractivity contribution in [2.24, 2.45) is 11.7 Å². The molecule has 2 rings (SSSR count). The number of rotatable bonds is 11. The highest BCUT2D eigenvalue weighted by Gasteiger charge is 2.26. The highest BCUT2D eigenvalue weighted by molar-refractivity contribution is 5.90. The first-order valence-corrected chi connectivity index (χ1v) is 10.6. The van der Waals surface area contributed by atoms with Crippen LogP contribution in [0.25, 0.3) is 6.08 Å². The third kappa shape index (κ3) is 9.04. The zero-order valence-corrected chi connectivity index (χ0v) is 18.5. The van der Waals surface area contributed by atoms with E-state index in [2.05, 4.69) is 10.6 Å². The normalized spacial score (nSPS) is 12.8. The van der Waals surface area contributed by atoms with Crippen LogP contribution in [0.15, 0.2) is 66.7 Å². The minimum absolute atomic E-state index is 0.0941. The van der Waals surface area contributed by atoms with Crippen LogP contribution < -0.4 is 16.4 Å². The van der Waals surface area contributed by atoms with Crippen LogP contribution in [0.4, 0.5) is 4.79 Å². The van der Waals surface area contributed by atoms with E-state index in [4.69, 9.17) is 10.5 Å². The van der Waals surface area contributed by atoms with E-state index in [0.717, 1.165) is 11.1 Å². The molecule has 0 bridgehead atoms. The van der Waals surface area contributed by atoms with Crippen LogP contribution in [0.2, 0.25) is 0 Å². The topological polar surface area (TPSA) is 111 Å². The van der Waals surface area contributed by atoms with Crippen LogP contribution in [-0.4, -0.2) is 30.0 Å². The summed E-state index contributed by atoms with van der Waals surface area (Å²) in [6.07, 6.45) is 3.56. The summed E-state index contributed by atoms with van der Waals surface area (Å²) in [5.74, 6) is -0.997. The van der Waals surface area contributed by atoms with Gasteiger partial charge in [-0.25, -0.2) is 4.79 Å². The summed E-state index contributed by atoms with van der Waals surface area (Å²) in [5, 5.41) is 5.25. The van der Waals surface area contributed by atoms with Crippen LogP contribution >= 0.6 is 0 Å². The van der Waals surface area contributed by atoms with Gasteiger partial charge in [0, 0.05) is 0 Å². The summed E-state index contributed by atoms with van der Waals surface area (Å²) in [6.45, 7) is 3.97. The Hall–Kier alpha value is -3.61.